The van der Waals surface area contributed by atoms with Gasteiger partial charge >= 0.3 is 0 Å². The van der Waals surface area contributed by atoms with Crippen molar-refractivity contribution in [1.29, 1.82) is 0 Å². The highest BCUT2D eigenvalue weighted by atomic mass is 35.5. The van der Waals surface area contributed by atoms with Crippen molar-refractivity contribution in [1.82, 2.24) is 0 Å². The molecule has 0 amide bonds. The molecule has 0 radical (unpaired) electrons. The lowest BCUT2D eigenvalue weighted by atomic mass is 10.1. The topological polar surface area (TPSA) is 43.1 Å². The van der Waals surface area contributed by atoms with Gasteiger partial charge in [-0.15, -0.1) is 0 Å². The van der Waals surface area contributed by atoms with E-state index in [0.717, 1.165) is 5.56 Å². The maximum atomic E-state index is 11.2. The van der Waals surface area contributed by atoms with Crippen molar-refractivity contribution >= 4 is 29.0 Å². The fraction of sp³-hybridized carbons (Fsp3) is 0.222. The van der Waals surface area contributed by atoms with Crippen molar-refractivity contribution in [2.75, 3.05) is 0 Å². The zero-order valence-corrected chi connectivity index (χ0v) is 8.35. The predicted molar refractivity (Wildman–Crippen MR) is 54.2 cm³/mol. The summed E-state index contributed by atoms with van der Waals surface area (Å²) in [6.45, 7) is 0.458. The summed E-state index contributed by atoms with van der Waals surface area (Å²) in [5.74, 6) is -0.285. The van der Waals surface area contributed by atoms with Gasteiger partial charge in [0.15, 0.2) is 10.6 Å². The van der Waals surface area contributed by atoms with Crippen LogP contribution in [-0.4, -0.2) is 10.6 Å². The van der Waals surface area contributed by atoms with Crippen molar-refractivity contribution in [3.63, 3.8) is 0 Å². The molecule has 0 spiro atoms. The molecule has 0 aromatic heterocycles. The van der Waals surface area contributed by atoms with Crippen molar-refractivity contribution in [2.24, 2.45) is 5.73 Å². The summed E-state index contributed by atoms with van der Waals surface area (Å²) >= 11 is 10.9. The molecule has 0 saturated carbocycles. The Kier molecular flexibility index (Phi) is 3.72. The molecule has 0 aliphatic carbocycles. The van der Waals surface area contributed by atoms with Gasteiger partial charge in [-0.05, 0) is 5.56 Å². The molecule has 0 heterocycles. The number of benzene rings is 1. The third-order valence-electron chi connectivity index (χ3n) is 1.67. The second-order valence-corrected chi connectivity index (χ2v) is 3.66. The molecule has 0 aliphatic rings. The molecule has 1 rings (SSSR count). The molecular formula is C9H9Cl2NO. The monoisotopic (exact) mass is 217 g/mol. The fourth-order valence-electron chi connectivity index (χ4n) is 0.931. The van der Waals surface area contributed by atoms with E-state index in [1.807, 2.05) is 0 Å². The molecule has 70 valence electrons. The summed E-state index contributed by atoms with van der Waals surface area (Å²) in [6.07, 6.45) is 0. The van der Waals surface area contributed by atoms with E-state index in [2.05, 4.69) is 0 Å². The van der Waals surface area contributed by atoms with Crippen LogP contribution in [0.5, 0.6) is 0 Å². The number of Topliss-reactive ketones (excluding diaryl/α,β-unsaturated/α-hetero) is 1. The molecule has 0 bridgehead atoms. The first kappa shape index (κ1) is 10.5. The van der Waals surface area contributed by atoms with Gasteiger partial charge in [-0.2, -0.15) is 0 Å². The summed E-state index contributed by atoms with van der Waals surface area (Å²) in [5.41, 5.74) is 6.88. The summed E-state index contributed by atoms with van der Waals surface area (Å²) < 4.78 is 0. The number of hydrogen-bond donors (Lipinski definition) is 1. The van der Waals surface area contributed by atoms with Crippen molar-refractivity contribution in [2.45, 2.75) is 11.4 Å². The first-order valence-corrected chi connectivity index (χ1v) is 4.64. The quantitative estimate of drug-likeness (QED) is 0.623. The van der Waals surface area contributed by atoms with E-state index in [0.29, 0.717) is 12.1 Å². The lowest BCUT2D eigenvalue weighted by Gasteiger charge is -2.01. The van der Waals surface area contributed by atoms with Gasteiger partial charge in [0, 0.05) is 12.1 Å². The smallest absolute Gasteiger partial charge is 0.195 e. The second kappa shape index (κ2) is 4.61. The molecule has 1 aromatic carbocycles. The maximum Gasteiger partial charge on any atom is 0.195 e. The van der Waals surface area contributed by atoms with Gasteiger partial charge in [-0.1, -0.05) is 47.5 Å². The molecule has 2 nitrogen and oxygen atoms in total. The number of alkyl halides is 2. The van der Waals surface area contributed by atoms with Crippen LogP contribution in [0.25, 0.3) is 0 Å². The van der Waals surface area contributed by atoms with Crippen LogP contribution >= 0.6 is 23.2 Å². The Morgan fingerprint density at radius 1 is 1.31 bits per heavy atom. The Labute approximate surface area is 86.6 Å². The zero-order valence-electron chi connectivity index (χ0n) is 6.84. The fourth-order valence-corrected chi connectivity index (χ4v) is 1.18. The van der Waals surface area contributed by atoms with Crippen LogP contribution in [0.4, 0.5) is 0 Å². The Hall–Kier alpha value is -0.570. The Morgan fingerprint density at radius 2 is 1.85 bits per heavy atom. The zero-order chi connectivity index (χ0) is 9.84. The second-order valence-electron chi connectivity index (χ2n) is 2.57. The molecule has 4 heteroatoms. The Morgan fingerprint density at radius 3 is 2.23 bits per heavy atom. The van der Waals surface area contributed by atoms with Crippen LogP contribution in [0.1, 0.15) is 15.9 Å². The lowest BCUT2D eigenvalue weighted by molar-refractivity contribution is 0.101. The number of halogens is 2. The number of carbonyl (C=O) groups excluding carboxylic acids is 1. The SMILES string of the molecule is NCc1ccc(C(=O)C(Cl)Cl)cc1. The van der Waals surface area contributed by atoms with Gasteiger partial charge < -0.3 is 5.73 Å². The number of ketones is 1. The molecular weight excluding hydrogens is 209 g/mol. The van der Waals surface area contributed by atoms with E-state index in [-0.39, 0.29) is 5.78 Å². The summed E-state index contributed by atoms with van der Waals surface area (Å²) in [5, 5.41) is 0. The standard InChI is InChI=1S/C9H9Cl2NO/c10-9(11)8(13)7-3-1-6(5-12)2-4-7/h1-4,9H,5,12H2. The minimum absolute atomic E-state index is 0.285. The van der Waals surface area contributed by atoms with Gasteiger partial charge in [-0.25, -0.2) is 0 Å². The van der Waals surface area contributed by atoms with Crippen molar-refractivity contribution in [3.8, 4) is 0 Å². The number of rotatable bonds is 3. The Bertz CT molecular complexity index is 295. The summed E-state index contributed by atoms with van der Waals surface area (Å²) in [6, 6.07) is 6.90. The normalized spacial score (nSPS) is 10.5. The lowest BCUT2D eigenvalue weighted by Crippen LogP contribution is -2.08. The number of carbonyl (C=O) groups is 1. The first-order valence-electron chi connectivity index (χ1n) is 3.76. The molecule has 13 heavy (non-hydrogen) atoms. The number of hydrogen-bond acceptors (Lipinski definition) is 2. The largest absolute Gasteiger partial charge is 0.326 e. The molecule has 2 N–H and O–H groups in total. The van der Waals surface area contributed by atoms with Gasteiger partial charge in [-0.3, -0.25) is 4.79 Å². The third-order valence-corrected chi connectivity index (χ3v) is 2.07. The molecule has 0 atom stereocenters. The van der Waals surface area contributed by atoms with Crippen LogP contribution in [0.3, 0.4) is 0 Å². The molecule has 0 fully saturated rings. The third kappa shape index (κ3) is 2.69. The molecule has 1 aromatic rings. The van der Waals surface area contributed by atoms with Crippen LogP contribution in [0.2, 0.25) is 0 Å². The highest BCUT2D eigenvalue weighted by molar-refractivity contribution is 6.55. The van der Waals surface area contributed by atoms with Gasteiger partial charge in [0.2, 0.25) is 0 Å². The summed E-state index contributed by atoms with van der Waals surface area (Å²) in [7, 11) is 0. The predicted octanol–water partition coefficient (Wildman–Crippen LogP) is 2.13. The van der Waals surface area contributed by atoms with E-state index in [4.69, 9.17) is 28.9 Å². The van der Waals surface area contributed by atoms with Gasteiger partial charge in [0.05, 0.1) is 0 Å². The number of nitrogens with two attached hydrogens (primary N) is 1. The highest BCUT2D eigenvalue weighted by Crippen LogP contribution is 2.12. The van der Waals surface area contributed by atoms with E-state index in [9.17, 15) is 4.79 Å². The van der Waals surface area contributed by atoms with Gasteiger partial charge in [0.25, 0.3) is 0 Å². The van der Waals surface area contributed by atoms with E-state index in [1.165, 1.54) is 0 Å². The minimum Gasteiger partial charge on any atom is -0.326 e. The van der Waals surface area contributed by atoms with Crippen LogP contribution < -0.4 is 5.73 Å². The maximum absolute atomic E-state index is 11.2. The van der Waals surface area contributed by atoms with E-state index >= 15 is 0 Å². The average Bonchev–Trinajstić information content (AvgIpc) is 2.17. The average molecular weight is 218 g/mol. The minimum atomic E-state index is -0.997. The molecule has 0 aliphatic heterocycles. The molecule has 0 saturated heterocycles. The Balaban J connectivity index is 2.86. The van der Waals surface area contributed by atoms with E-state index in [1.54, 1.807) is 24.3 Å². The van der Waals surface area contributed by atoms with Gasteiger partial charge in [0.1, 0.15) is 0 Å². The van der Waals surface area contributed by atoms with Crippen LogP contribution in [0.15, 0.2) is 24.3 Å². The van der Waals surface area contributed by atoms with E-state index < -0.39 is 4.84 Å². The van der Waals surface area contributed by atoms with Crippen molar-refractivity contribution in [3.05, 3.63) is 35.4 Å². The first-order chi connectivity index (χ1) is 6.15. The van der Waals surface area contributed by atoms with Crippen LogP contribution in [0, 0.1) is 0 Å². The highest BCUT2D eigenvalue weighted by Gasteiger charge is 2.13. The summed E-state index contributed by atoms with van der Waals surface area (Å²) in [4.78, 5) is 10.3. The van der Waals surface area contributed by atoms with Crippen LogP contribution in [-0.2, 0) is 6.54 Å². The van der Waals surface area contributed by atoms with Crippen molar-refractivity contribution < 1.29 is 4.79 Å². The molecule has 0 unspecified atom stereocenters.